The molecule has 0 amide bonds. The number of nitrogens with zero attached hydrogens (tertiary/aromatic N) is 2. The maximum absolute atomic E-state index is 4.39. The molecule has 2 rings (SSSR count). The summed E-state index contributed by atoms with van der Waals surface area (Å²) in [6.07, 6.45) is 5.81. The van der Waals surface area contributed by atoms with Gasteiger partial charge in [-0.15, -0.1) is 0 Å². The first-order chi connectivity index (χ1) is 7.40. The van der Waals surface area contributed by atoms with Crippen molar-refractivity contribution >= 4 is 21.7 Å². The van der Waals surface area contributed by atoms with Gasteiger partial charge in [-0.2, -0.15) is 0 Å². The van der Waals surface area contributed by atoms with Crippen LogP contribution in [-0.4, -0.2) is 23.4 Å². The van der Waals surface area contributed by atoms with Gasteiger partial charge in [0, 0.05) is 24.6 Å². The normalized spacial score (nSPS) is 18.1. The molecule has 15 heavy (non-hydrogen) atoms. The van der Waals surface area contributed by atoms with E-state index in [1.54, 1.807) is 0 Å². The Morgan fingerprint density at radius 2 is 2.13 bits per heavy atom. The van der Waals surface area contributed by atoms with Crippen molar-refractivity contribution < 1.29 is 0 Å². The third kappa shape index (κ3) is 2.94. The third-order valence-corrected chi connectivity index (χ3v) is 3.56. The molecule has 0 aliphatic carbocycles. The van der Waals surface area contributed by atoms with Crippen molar-refractivity contribution in [3.8, 4) is 0 Å². The summed E-state index contributed by atoms with van der Waals surface area (Å²) < 4.78 is 0. The molecule has 1 aliphatic rings. The molecule has 1 saturated heterocycles. The van der Waals surface area contributed by atoms with Crippen LogP contribution >= 0.6 is 15.9 Å². The van der Waals surface area contributed by atoms with Crippen LogP contribution in [-0.2, 0) is 0 Å². The number of rotatable bonds is 3. The van der Waals surface area contributed by atoms with Crippen LogP contribution in [0.5, 0.6) is 0 Å². The van der Waals surface area contributed by atoms with E-state index in [0.29, 0.717) is 0 Å². The lowest BCUT2D eigenvalue weighted by Gasteiger charge is -2.32. The predicted octanol–water partition coefficient (Wildman–Crippen LogP) is 3.08. The zero-order chi connectivity index (χ0) is 10.5. The molecule has 1 aliphatic heterocycles. The van der Waals surface area contributed by atoms with Gasteiger partial charge in [-0.1, -0.05) is 22.0 Å². The minimum Gasteiger partial charge on any atom is -0.357 e. The van der Waals surface area contributed by atoms with Crippen molar-refractivity contribution in [2.45, 2.75) is 19.3 Å². The van der Waals surface area contributed by atoms with Gasteiger partial charge in [-0.3, -0.25) is 0 Å². The Morgan fingerprint density at radius 1 is 1.33 bits per heavy atom. The molecule has 0 unspecified atom stereocenters. The molecular weight excluding hydrogens is 252 g/mol. The lowest BCUT2D eigenvalue weighted by molar-refractivity contribution is 0.397. The molecule has 1 aromatic rings. The molecular formula is C12H17BrN2. The summed E-state index contributed by atoms with van der Waals surface area (Å²) in [6, 6.07) is 6.14. The number of alkyl halides is 1. The second-order valence-electron chi connectivity index (χ2n) is 4.10. The Balaban J connectivity index is 1.88. The van der Waals surface area contributed by atoms with Crippen LogP contribution in [0.1, 0.15) is 19.3 Å². The first-order valence-corrected chi connectivity index (χ1v) is 6.74. The average molecular weight is 269 g/mol. The van der Waals surface area contributed by atoms with Gasteiger partial charge >= 0.3 is 0 Å². The summed E-state index contributed by atoms with van der Waals surface area (Å²) >= 11 is 3.52. The average Bonchev–Trinajstić information content (AvgIpc) is 2.32. The number of anilines is 1. The van der Waals surface area contributed by atoms with Crippen LogP contribution in [0.2, 0.25) is 0 Å². The van der Waals surface area contributed by atoms with Gasteiger partial charge in [0.1, 0.15) is 5.82 Å². The smallest absolute Gasteiger partial charge is 0.128 e. The van der Waals surface area contributed by atoms with Gasteiger partial charge in [0.05, 0.1) is 0 Å². The van der Waals surface area contributed by atoms with E-state index < -0.39 is 0 Å². The van der Waals surface area contributed by atoms with Gasteiger partial charge < -0.3 is 4.90 Å². The number of pyridine rings is 1. The fraction of sp³-hybridized carbons (Fsp3) is 0.583. The van der Waals surface area contributed by atoms with Crippen LogP contribution in [0.25, 0.3) is 0 Å². The highest BCUT2D eigenvalue weighted by Gasteiger charge is 2.18. The Bertz CT molecular complexity index is 281. The highest BCUT2D eigenvalue weighted by Crippen LogP contribution is 2.24. The summed E-state index contributed by atoms with van der Waals surface area (Å²) in [5.41, 5.74) is 0. The minimum atomic E-state index is 0.907. The largest absolute Gasteiger partial charge is 0.357 e. The molecule has 0 N–H and O–H groups in total. The zero-order valence-electron chi connectivity index (χ0n) is 8.90. The van der Waals surface area contributed by atoms with E-state index in [4.69, 9.17) is 0 Å². The lowest BCUT2D eigenvalue weighted by atomic mass is 9.94. The van der Waals surface area contributed by atoms with Crippen molar-refractivity contribution in [3.63, 3.8) is 0 Å². The van der Waals surface area contributed by atoms with Gasteiger partial charge in [-0.25, -0.2) is 4.98 Å². The standard InChI is InChI=1S/C12H17BrN2/c13-7-4-11-5-9-15(10-6-11)12-3-1-2-8-14-12/h1-3,8,11H,4-7,9-10H2. The van der Waals surface area contributed by atoms with Crippen LogP contribution in [0, 0.1) is 5.92 Å². The summed E-state index contributed by atoms with van der Waals surface area (Å²) in [6.45, 7) is 2.32. The van der Waals surface area contributed by atoms with Crippen molar-refractivity contribution in [2.75, 3.05) is 23.3 Å². The summed E-state index contributed by atoms with van der Waals surface area (Å²) in [5, 5.41) is 1.14. The molecule has 0 spiro atoms. The van der Waals surface area contributed by atoms with Crippen molar-refractivity contribution in [1.29, 1.82) is 0 Å². The second-order valence-corrected chi connectivity index (χ2v) is 4.89. The van der Waals surface area contributed by atoms with E-state index in [-0.39, 0.29) is 0 Å². The van der Waals surface area contributed by atoms with E-state index in [2.05, 4.69) is 37.9 Å². The molecule has 0 aromatic carbocycles. The molecule has 2 heterocycles. The third-order valence-electron chi connectivity index (χ3n) is 3.11. The van der Waals surface area contributed by atoms with Crippen molar-refractivity contribution in [1.82, 2.24) is 4.98 Å². The molecule has 0 atom stereocenters. The maximum Gasteiger partial charge on any atom is 0.128 e. The number of halogens is 1. The highest BCUT2D eigenvalue weighted by atomic mass is 79.9. The van der Waals surface area contributed by atoms with Gasteiger partial charge in [0.15, 0.2) is 0 Å². The maximum atomic E-state index is 4.39. The van der Waals surface area contributed by atoms with Crippen LogP contribution < -0.4 is 4.90 Å². The molecule has 0 radical (unpaired) electrons. The Labute approximate surface area is 99.8 Å². The highest BCUT2D eigenvalue weighted by molar-refractivity contribution is 9.09. The number of hydrogen-bond donors (Lipinski definition) is 0. The van der Waals surface area contributed by atoms with E-state index in [9.17, 15) is 0 Å². The van der Waals surface area contributed by atoms with Gasteiger partial charge in [0.25, 0.3) is 0 Å². The summed E-state index contributed by atoms with van der Waals surface area (Å²) in [4.78, 5) is 6.78. The fourth-order valence-corrected chi connectivity index (χ4v) is 2.79. The van der Waals surface area contributed by atoms with Gasteiger partial charge in [0.2, 0.25) is 0 Å². The molecule has 0 saturated carbocycles. The summed E-state index contributed by atoms with van der Waals surface area (Å²) in [5.74, 6) is 2.04. The molecule has 1 aromatic heterocycles. The van der Waals surface area contributed by atoms with Crippen LogP contribution in [0.4, 0.5) is 5.82 Å². The van der Waals surface area contributed by atoms with E-state index in [0.717, 1.165) is 30.2 Å². The Morgan fingerprint density at radius 3 is 2.73 bits per heavy atom. The molecule has 0 bridgehead atoms. The zero-order valence-corrected chi connectivity index (χ0v) is 10.5. The first kappa shape index (κ1) is 10.9. The summed E-state index contributed by atoms with van der Waals surface area (Å²) in [7, 11) is 0. The van der Waals surface area contributed by atoms with E-state index in [1.165, 1.54) is 19.3 Å². The van der Waals surface area contributed by atoms with Gasteiger partial charge in [-0.05, 0) is 37.3 Å². The minimum absolute atomic E-state index is 0.907. The second kappa shape index (κ2) is 5.50. The first-order valence-electron chi connectivity index (χ1n) is 5.62. The van der Waals surface area contributed by atoms with E-state index in [1.807, 2.05) is 12.3 Å². The number of hydrogen-bond acceptors (Lipinski definition) is 2. The van der Waals surface area contributed by atoms with Crippen molar-refractivity contribution in [3.05, 3.63) is 24.4 Å². The lowest BCUT2D eigenvalue weighted by Crippen LogP contribution is -2.34. The monoisotopic (exact) mass is 268 g/mol. The quantitative estimate of drug-likeness (QED) is 0.784. The topological polar surface area (TPSA) is 16.1 Å². The van der Waals surface area contributed by atoms with Crippen LogP contribution in [0.3, 0.4) is 0 Å². The van der Waals surface area contributed by atoms with Crippen molar-refractivity contribution in [2.24, 2.45) is 5.92 Å². The molecule has 82 valence electrons. The fourth-order valence-electron chi connectivity index (χ4n) is 2.15. The predicted molar refractivity (Wildman–Crippen MR) is 67.6 cm³/mol. The molecule has 3 heteroatoms. The number of aromatic nitrogens is 1. The SMILES string of the molecule is BrCCC1CCN(c2ccccn2)CC1. The molecule has 1 fully saturated rings. The molecule has 2 nitrogen and oxygen atoms in total. The Hall–Kier alpha value is -0.570. The Kier molecular flexibility index (Phi) is 4.01. The van der Waals surface area contributed by atoms with Crippen LogP contribution in [0.15, 0.2) is 24.4 Å². The van der Waals surface area contributed by atoms with E-state index >= 15 is 0 Å². The number of piperidine rings is 1.